The van der Waals surface area contributed by atoms with Gasteiger partial charge in [0, 0.05) is 30.3 Å². The number of carboxylic acids is 1. The highest BCUT2D eigenvalue weighted by Crippen LogP contribution is 2.50. The number of carboxylic acid groups (broad SMARTS) is 1. The molecule has 10 N–H and O–H groups in total. The first-order valence-electron chi connectivity index (χ1n) is 20.5. The Labute approximate surface area is 321 Å². The molecule has 0 radical (unpaired) electrons. The first-order valence-corrected chi connectivity index (χ1v) is 20.5. The highest BCUT2D eigenvalue weighted by Gasteiger charge is 2.50. The van der Waals surface area contributed by atoms with Crippen LogP contribution in [0, 0.1) is 29.6 Å². The summed E-state index contributed by atoms with van der Waals surface area (Å²) >= 11 is 0. The number of hydrogen-bond donors (Lipinski definition) is 9. The van der Waals surface area contributed by atoms with E-state index < -0.39 is 35.6 Å². The summed E-state index contributed by atoms with van der Waals surface area (Å²) < 4.78 is 0. The van der Waals surface area contributed by atoms with Crippen molar-refractivity contribution in [2.75, 3.05) is 6.54 Å². The molecule has 5 rings (SSSR count). The van der Waals surface area contributed by atoms with Crippen molar-refractivity contribution in [1.29, 1.82) is 0 Å². The Bertz CT molecular complexity index is 1570. The minimum absolute atomic E-state index is 0.0614. The molecule has 0 saturated heterocycles. The van der Waals surface area contributed by atoms with E-state index in [0.29, 0.717) is 62.5 Å². The van der Waals surface area contributed by atoms with Crippen molar-refractivity contribution in [3.05, 3.63) is 89.0 Å². The summed E-state index contributed by atoms with van der Waals surface area (Å²) in [6.07, 6.45) is 19.6. The van der Waals surface area contributed by atoms with Crippen molar-refractivity contribution >= 4 is 5.97 Å². The fourth-order valence-corrected chi connectivity index (χ4v) is 9.21. The summed E-state index contributed by atoms with van der Waals surface area (Å²) in [6, 6.07) is 8.92. The molecule has 1 aliphatic heterocycles. The molecule has 10 nitrogen and oxygen atoms in total. The maximum atomic E-state index is 12.4. The van der Waals surface area contributed by atoms with E-state index in [1.807, 2.05) is 30.5 Å². The van der Waals surface area contributed by atoms with E-state index in [1.54, 1.807) is 12.1 Å². The summed E-state index contributed by atoms with van der Waals surface area (Å²) in [5, 5.41) is 68.9. The number of nitrogens with one attached hydrogen (secondary N) is 2. The molecular weight excluding hydrogens is 682 g/mol. The number of aromatic nitrogens is 1. The molecule has 298 valence electrons. The minimum atomic E-state index is -1.32. The Morgan fingerprint density at radius 1 is 1.00 bits per heavy atom. The van der Waals surface area contributed by atoms with Gasteiger partial charge in [-0.3, -0.25) is 4.79 Å². The van der Waals surface area contributed by atoms with Gasteiger partial charge < -0.3 is 46.7 Å². The lowest BCUT2D eigenvalue weighted by Crippen LogP contribution is -2.39. The van der Waals surface area contributed by atoms with Crippen LogP contribution in [0.2, 0.25) is 0 Å². The van der Waals surface area contributed by atoms with Crippen LogP contribution in [0.1, 0.15) is 126 Å². The fraction of sp³-hybridized carbons (Fsp3) is 0.614. The molecule has 1 fully saturated rings. The number of dihydropyridines is 1. The molecule has 0 unspecified atom stereocenters. The van der Waals surface area contributed by atoms with Crippen LogP contribution in [-0.2, 0) is 11.2 Å². The van der Waals surface area contributed by atoms with Crippen molar-refractivity contribution in [3.8, 4) is 5.75 Å². The summed E-state index contributed by atoms with van der Waals surface area (Å²) in [5.41, 5.74) is 8.37. The molecule has 3 aliphatic rings. The lowest BCUT2D eigenvalue weighted by atomic mass is 9.79. The number of unbranched alkanes of at least 4 members (excludes halogenated alkanes) is 4. The number of aliphatic hydroxyl groups is 4. The molecule has 2 aromatic rings. The number of carbonyl (C=O) groups is 1. The third kappa shape index (κ3) is 11.7. The summed E-state index contributed by atoms with van der Waals surface area (Å²) in [5.74, 6) is -1.05. The number of allylic oxidation sites excluding steroid dienone is 3. The van der Waals surface area contributed by atoms with Crippen LogP contribution in [0.15, 0.2) is 72.2 Å². The quantitative estimate of drug-likeness (QED) is 0.0491. The average Bonchev–Trinajstić information content (AvgIpc) is 3.74. The van der Waals surface area contributed by atoms with Gasteiger partial charge in [0.1, 0.15) is 5.75 Å². The number of aliphatic hydroxyl groups excluding tert-OH is 3. The van der Waals surface area contributed by atoms with Crippen molar-refractivity contribution in [2.24, 2.45) is 35.3 Å². The van der Waals surface area contributed by atoms with Gasteiger partial charge in [0.15, 0.2) is 0 Å². The molecule has 0 bridgehead atoms. The van der Waals surface area contributed by atoms with E-state index in [1.165, 1.54) is 19.3 Å². The molecule has 54 heavy (non-hydrogen) atoms. The van der Waals surface area contributed by atoms with Gasteiger partial charge in [0.05, 0.1) is 35.7 Å². The molecule has 1 aromatic heterocycles. The number of H-pyrrole nitrogens is 1. The number of aromatic amines is 1. The van der Waals surface area contributed by atoms with E-state index in [4.69, 9.17) is 5.73 Å². The highest BCUT2D eigenvalue weighted by molar-refractivity contribution is 5.70. The molecule has 2 heterocycles. The van der Waals surface area contributed by atoms with Crippen LogP contribution in [-0.4, -0.2) is 65.9 Å². The normalized spacial score (nSPS) is 27.2. The standard InChI is InChI=1S/C44H65N3O7/c1-2-3-5-8-29-11-14-34(40(50)25-29)9-6-4-7-10-36(43(52)53)39(49)17-19-44(54)27-32(22-31-18-20-46-41(45)26-31)23-37(44)42(51)38-24-33(28-47-38)21-30-12-15-35(48)16-13-30/h11-16,18,24,26,28-29,32,34,36-37,39-40,42,46-51,54H,2-10,17,19-23,25,27,45H2,1H3,(H,52,53)/t29-,32-,34-,36-,37-,39+,40-,42-,44-/m0/s1. The second kappa shape index (κ2) is 19.8. The highest BCUT2D eigenvalue weighted by atomic mass is 16.4. The largest absolute Gasteiger partial charge is 0.508 e. The minimum Gasteiger partial charge on any atom is -0.508 e. The molecule has 0 spiro atoms. The van der Waals surface area contributed by atoms with Crippen LogP contribution in [0.5, 0.6) is 5.75 Å². The number of rotatable bonds is 21. The van der Waals surface area contributed by atoms with Crippen LogP contribution in [0.25, 0.3) is 0 Å². The predicted octanol–water partition coefficient (Wildman–Crippen LogP) is 6.75. The van der Waals surface area contributed by atoms with E-state index in [-0.39, 0.29) is 36.5 Å². The monoisotopic (exact) mass is 747 g/mol. The second-order valence-electron chi connectivity index (χ2n) is 16.5. The summed E-state index contributed by atoms with van der Waals surface area (Å²) in [6.45, 7) is 2.83. The zero-order chi connectivity index (χ0) is 38.7. The first-order chi connectivity index (χ1) is 25.9. The summed E-state index contributed by atoms with van der Waals surface area (Å²) in [4.78, 5) is 15.6. The molecular formula is C44H65N3O7. The lowest BCUT2D eigenvalue weighted by molar-refractivity contribution is -0.147. The van der Waals surface area contributed by atoms with Gasteiger partial charge in [0.2, 0.25) is 0 Å². The molecule has 2 aliphatic carbocycles. The van der Waals surface area contributed by atoms with Gasteiger partial charge in [-0.05, 0) is 117 Å². The summed E-state index contributed by atoms with van der Waals surface area (Å²) in [7, 11) is 0. The Morgan fingerprint density at radius 2 is 1.78 bits per heavy atom. The number of hydrogen-bond acceptors (Lipinski definition) is 8. The number of phenols is 1. The van der Waals surface area contributed by atoms with Gasteiger partial charge >= 0.3 is 5.97 Å². The third-order valence-corrected chi connectivity index (χ3v) is 12.3. The smallest absolute Gasteiger partial charge is 0.309 e. The second-order valence-corrected chi connectivity index (χ2v) is 16.5. The molecule has 1 aromatic carbocycles. The number of aliphatic carboxylic acids is 1. The van der Waals surface area contributed by atoms with E-state index in [2.05, 4.69) is 35.5 Å². The Balaban J connectivity index is 1.16. The Morgan fingerprint density at radius 3 is 2.50 bits per heavy atom. The van der Waals surface area contributed by atoms with Gasteiger partial charge in [0.25, 0.3) is 0 Å². The number of aromatic hydroxyl groups is 1. The Kier molecular flexibility index (Phi) is 15.3. The van der Waals surface area contributed by atoms with Gasteiger partial charge in [-0.2, -0.15) is 0 Å². The van der Waals surface area contributed by atoms with Crippen molar-refractivity contribution < 1.29 is 35.4 Å². The van der Waals surface area contributed by atoms with Crippen LogP contribution >= 0.6 is 0 Å². The topological polar surface area (TPSA) is 192 Å². The molecule has 1 saturated carbocycles. The molecule has 10 heteroatoms. The zero-order valence-corrected chi connectivity index (χ0v) is 32.1. The number of phenolic OH excluding ortho intramolecular Hbond substituents is 1. The maximum absolute atomic E-state index is 12.4. The van der Waals surface area contributed by atoms with Crippen LogP contribution < -0.4 is 11.1 Å². The zero-order valence-electron chi connectivity index (χ0n) is 32.1. The predicted molar refractivity (Wildman–Crippen MR) is 211 cm³/mol. The SMILES string of the molecule is CCCCC[C@H]1C=C[C@H](CCCCC[C@H](C(=O)O)[C@H](O)CC[C@]2(O)C[C@@H](CC3=CCNC(N)=C3)C[C@H]2[C@H](O)c2cc(Cc3ccc(O)cc3)c[nH]2)[C@@H](O)C1. The first kappa shape index (κ1) is 41.6. The lowest BCUT2D eigenvalue weighted by Gasteiger charge is -2.34. The maximum Gasteiger partial charge on any atom is 0.309 e. The molecule has 9 atom stereocenters. The average molecular weight is 748 g/mol. The number of benzene rings is 1. The van der Waals surface area contributed by atoms with Gasteiger partial charge in [-0.25, -0.2) is 0 Å². The van der Waals surface area contributed by atoms with E-state index >= 15 is 0 Å². The van der Waals surface area contributed by atoms with E-state index in [0.717, 1.165) is 48.8 Å². The van der Waals surface area contributed by atoms with Gasteiger partial charge in [-0.1, -0.05) is 75.8 Å². The van der Waals surface area contributed by atoms with Crippen molar-refractivity contribution in [3.63, 3.8) is 0 Å². The fourth-order valence-electron chi connectivity index (χ4n) is 9.21. The third-order valence-electron chi connectivity index (χ3n) is 12.3. The van der Waals surface area contributed by atoms with Crippen molar-refractivity contribution in [1.82, 2.24) is 10.3 Å². The van der Waals surface area contributed by atoms with Crippen LogP contribution in [0.3, 0.4) is 0 Å². The van der Waals surface area contributed by atoms with Crippen LogP contribution in [0.4, 0.5) is 0 Å². The van der Waals surface area contributed by atoms with Crippen molar-refractivity contribution in [2.45, 2.75) is 134 Å². The van der Waals surface area contributed by atoms with E-state index in [9.17, 15) is 35.4 Å². The van der Waals surface area contributed by atoms with Gasteiger partial charge in [-0.15, -0.1) is 0 Å². The Hall–Kier alpha value is -3.57. The molecule has 0 amide bonds. The number of nitrogens with two attached hydrogens (primary N) is 1.